The van der Waals surface area contributed by atoms with Crippen molar-refractivity contribution >= 4 is 23.6 Å². The summed E-state index contributed by atoms with van der Waals surface area (Å²) >= 11 is 1.46. The number of carbonyl (C=O) groups is 1. The summed E-state index contributed by atoms with van der Waals surface area (Å²) in [5, 5.41) is 1.73. The van der Waals surface area contributed by atoms with Gasteiger partial charge in [0.15, 0.2) is 5.70 Å². The maximum atomic E-state index is 11.8. The van der Waals surface area contributed by atoms with E-state index in [9.17, 15) is 4.79 Å². The van der Waals surface area contributed by atoms with Crippen LogP contribution in [0.3, 0.4) is 0 Å². The van der Waals surface area contributed by atoms with E-state index in [4.69, 9.17) is 4.74 Å². The number of thioether (sulfide) groups is 1. The molecule has 0 amide bonds. The highest BCUT2D eigenvalue weighted by molar-refractivity contribution is 8.02. The Morgan fingerprint density at radius 1 is 1.05 bits per heavy atom. The van der Waals surface area contributed by atoms with Gasteiger partial charge in [-0.1, -0.05) is 47.7 Å². The number of benzene rings is 2. The molecule has 21 heavy (non-hydrogen) atoms. The summed E-state index contributed by atoms with van der Waals surface area (Å²) in [5.41, 5.74) is 2.34. The van der Waals surface area contributed by atoms with Crippen molar-refractivity contribution in [2.75, 3.05) is 0 Å². The Balaban J connectivity index is 1.79. The molecule has 0 atom stereocenters. The predicted molar refractivity (Wildman–Crippen MR) is 84.2 cm³/mol. The summed E-state index contributed by atoms with van der Waals surface area (Å²) in [6.07, 6.45) is 0. The van der Waals surface area contributed by atoms with Crippen LogP contribution in [0.1, 0.15) is 11.1 Å². The molecule has 2 aromatic carbocycles. The van der Waals surface area contributed by atoms with Gasteiger partial charge in [0, 0.05) is 15.9 Å². The number of carbonyl (C=O) groups excluding carboxylic acids is 1. The summed E-state index contributed by atoms with van der Waals surface area (Å²) in [7, 11) is 0. The maximum Gasteiger partial charge on any atom is 0.364 e. The van der Waals surface area contributed by atoms with Crippen LogP contribution in [0, 0.1) is 6.92 Å². The Labute approximate surface area is 127 Å². The second kappa shape index (κ2) is 5.97. The second-order valence-electron chi connectivity index (χ2n) is 4.61. The van der Waals surface area contributed by atoms with Gasteiger partial charge in [0.2, 0.25) is 5.90 Å². The SMILES string of the molecule is Cc1ccc(S/C=C2\N=C(c3ccccc3)OC2=O)cc1. The van der Waals surface area contributed by atoms with Crippen molar-refractivity contribution < 1.29 is 9.53 Å². The molecular weight excluding hydrogens is 282 g/mol. The van der Waals surface area contributed by atoms with Crippen LogP contribution >= 0.6 is 11.8 Å². The molecule has 0 bridgehead atoms. The Hall–Kier alpha value is -2.33. The highest BCUT2D eigenvalue weighted by Crippen LogP contribution is 2.24. The molecule has 1 aliphatic rings. The van der Waals surface area contributed by atoms with Crippen molar-refractivity contribution in [2.45, 2.75) is 11.8 Å². The number of hydrogen-bond acceptors (Lipinski definition) is 4. The van der Waals surface area contributed by atoms with E-state index >= 15 is 0 Å². The largest absolute Gasteiger partial charge is 0.402 e. The molecule has 3 rings (SSSR count). The zero-order valence-corrected chi connectivity index (χ0v) is 12.3. The smallest absolute Gasteiger partial charge is 0.364 e. The van der Waals surface area contributed by atoms with Crippen LogP contribution in [0.2, 0.25) is 0 Å². The summed E-state index contributed by atoms with van der Waals surface area (Å²) in [4.78, 5) is 17.1. The first-order valence-electron chi connectivity index (χ1n) is 6.52. The van der Waals surface area contributed by atoms with E-state index in [2.05, 4.69) is 4.99 Å². The van der Waals surface area contributed by atoms with Crippen LogP contribution in [0.15, 0.2) is 75.6 Å². The van der Waals surface area contributed by atoms with Crippen LogP contribution in [-0.2, 0) is 9.53 Å². The number of cyclic esters (lactones) is 1. The molecule has 0 saturated carbocycles. The van der Waals surface area contributed by atoms with E-state index in [0.29, 0.717) is 11.6 Å². The molecular formula is C17H13NO2S. The van der Waals surface area contributed by atoms with Gasteiger partial charge in [-0.3, -0.25) is 0 Å². The van der Waals surface area contributed by atoms with E-state index in [1.54, 1.807) is 5.41 Å². The molecule has 0 aliphatic carbocycles. The first-order chi connectivity index (χ1) is 10.2. The quantitative estimate of drug-likeness (QED) is 0.489. The molecule has 4 heteroatoms. The fourth-order valence-electron chi connectivity index (χ4n) is 1.84. The summed E-state index contributed by atoms with van der Waals surface area (Å²) in [5.74, 6) is -0.0511. The Bertz CT molecular complexity index is 718. The number of aliphatic imine (C=N–C) groups is 1. The van der Waals surface area contributed by atoms with Crippen LogP contribution in [-0.4, -0.2) is 11.9 Å². The highest BCUT2D eigenvalue weighted by Gasteiger charge is 2.23. The van der Waals surface area contributed by atoms with Crippen LogP contribution in [0.4, 0.5) is 0 Å². The number of hydrogen-bond donors (Lipinski definition) is 0. The zero-order valence-electron chi connectivity index (χ0n) is 11.4. The summed E-state index contributed by atoms with van der Waals surface area (Å²) in [6, 6.07) is 17.5. The van der Waals surface area contributed by atoms with Crippen LogP contribution in [0.5, 0.6) is 0 Å². The van der Waals surface area contributed by atoms with E-state index < -0.39 is 5.97 Å². The monoisotopic (exact) mass is 295 g/mol. The van der Waals surface area contributed by atoms with Crippen molar-refractivity contribution in [3.63, 3.8) is 0 Å². The molecule has 2 aromatic rings. The van der Waals surface area contributed by atoms with Crippen molar-refractivity contribution in [3.05, 3.63) is 76.8 Å². The van der Waals surface area contributed by atoms with E-state index in [1.807, 2.05) is 61.5 Å². The van der Waals surface area contributed by atoms with Gasteiger partial charge in [-0.05, 0) is 31.2 Å². The lowest BCUT2D eigenvalue weighted by Gasteiger charge is -1.97. The molecule has 0 saturated heterocycles. The van der Waals surface area contributed by atoms with Gasteiger partial charge in [-0.2, -0.15) is 0 Å². The Morgan fingerprint density at radius 2 is 1.76 bits per heavy atom. The minimum atomic E-state index is -0.409. The third-order valence-electron chi connectivity index (χ3n) is 2.97. The van der Waals surface area contributed by atoms with E-state index in [-0.39, 0.29) is 0 Å². The van der Waals surface area contributed by atoms with Gasteiger partial charge in [0.05, 0.1) is 0 Å². The van der Waals surface area contributed by atoms with Gasteiger partial charge in [0.1, 0.15) is 0 Å². The van der Waals surface area contributed by atoms with Crippen molar-refractivity contribution in [2.24, 2.45) is 4.99 Å². The zero-order chi connectivity index (χ0) is 14.7. The number of ether oxygens (including phenoxy) is 1. The topological polar surface area (TPSA) is 38.7 Å². The first kappa shape index (κ1) is 13.6. The lowest BCUT2D eigenvalue weighted by molar-refractivity contribution is -0.130. The molecule has 0 spiro atoms. The number of nitrogens with zero attached hydrogens (tertiary/aromatic N) is 1. The van der Waals surface area contributed by atoms with E-state index in [0.717, 1.165) is 10.5 Å². The normalized spacial score (nSPS) is 16.0. The highest BCUT2D eigenvalue weighted by atomic mass is 32.2. The van der Waals surface area contributed by atoms with Crippen molar-refractivity contribution in [1.82, 2.24) is 0 Å². The number of rotatable bonds is 3. The fraction of sp³-hybridized carbons (Fsp3) is 0.0588. The average Bonchev–Trinajstić information content (AvgIpc) is 2.89. The predicted octanol–water partition coefficient (Wildman–Crippen LogP) is 3.93. The fourth-order valence-corrected chi connectivity index (χ4v) is 2.53. The Kier molecular flexibility index (Phi) is 3.88. The van der Waals surface area contributed by atoms with Gasteiger partial charge in [-0.25, -0.2) is 9.79 Å². The molecule has 0 aromatic heterocycles. The molecule has 104 valence electrons. The van der Waals surface area contributed by atoms with Crippen LogP contribution < -0.4 is 0 Å². The molecule has 0 unspecified atom stereocenters. The molecule has 1 heterocycles. The van der Waals surface area contributed by atoms with Crippen molar-refractivity contribution in [1.29, 1.82) is 0 Å². The third-order valence-corrected chi connectivity index (χ3v) is 3.85. The first-order valence-corrected chi connectivity index (χ1v) is 7.40. The minimum absolute atomic E-state index is 0.333. The molecule has 1 aliphatic heterocycles. The van der Waals surface area contributed by atoms with Gasteiger partial charge >= 0.3 is 5.97 Å². The standard InChI is InChI=1S/C17H13NO2S/c1-12-7-9-14(10-8-12)21-11-15-17(19)20-16(18-15)13-5-3-2-4-6-13/h2-11H,1H3/b15-11-. The number of esters is 1. The molecule has 0 radical (unpaired) electrons. The molecule has 0 fully saturated rings. The van der Waals surface area contributed by atoms with Gasteiger partial charge in [0.25, 0.3) is 0 Å². The lowest BCUT2D eigenvalue weighted by atomic mass is 10.2. The minimum Gasteiger partial charge on any atom is -0.402 e. The van der Waals surface area contributed by atoms with E-state index in [1.165, 1.54) is 17.3 Å². The lowest BCUT2D eigenvalue weighted by Crippen LogP contribution is -2.04. The summed E-state index contributed by atoms with van der Waals surface area (Å²) < 4.78 is 5.20. The van der Waals surface area contributed by atoms with Crippen molar-refractivity contribution in [3.8, 4) is 0 Å². The third kappa shape index (κ3) is 3.23. The average molecular weight is 295 g/mol. The second-order valence-corrected chi connectivity index (χ2v) is 5.55. The maximum absolute atomic E-state index is 11.8. The van der Waals surface area contributed by atoms with Crippen LogP contribution in [0.25, 0.3) is 0 Å². The van der Waals surface area contributed by atoms with Gasteiger partial charge in [-0.15, -0.1) is 0 Å². The molecule has 3 nitrogen and oxygen atoms in total. The molecule has 0 N–H and O–H groups in total. The number of aryl methyl sites for hydroxylation is 1. The van der Waals surface area contributed by atoms with Gasteiger partial charge < -0.3 is 4.74 Å². The Morgan fingerprint density at radius 3 is 2.48 bits per heavy atom. The summed E-state index contributed by atoms with van der Waals surface area (Å²) in [6.45, 7) is 2.04.